The van der Waals surface area contributed by atoms with Crippen LogP contribution in [0.3, 0.4) is 0 Å². The molecular formula is C17H14N2. The van der Waals surface area contributed by atoms with Crippen molar-refractivity contribution in [1.82, 2.24) is 4.57 Å². The van der Waals surface area contributed by atoms with Crippen LogP contribution in [0.25, 0.3) is 22.0 Å². The third-order valence-electron chi connectivity index (χ3n) is 3.72. The van der Waals surface area contributed by atoms with Gasteiger partial charge in [0, 0.05) is 24.0 Å². The van der Waals surface area contributed by atoms with Crippen molar-refractivity contribution < 1.29 is 0 Å². The summed E-state index contributed by atoms with van der Waals surface area (Å²) in [6, 6.07) is 18.8. The second-order valence-electron chi connectivity index (χ2n) is 4.73. The van der Waals surface area contributed by atoms with Gasteiger partial charge in [0.25, 0.3) is 0 Å². The first-order chi connectivity index (χ1) is 9.22. The lowest BCUT2D eigenvalue weighted by Crippen LogP contribution is -1.94. The predicted octanol–water partition coefficient (Wildman–Crippen LogP) is 4.03. The van der Waals surface area contributed by atoms with E-state index in [1.54, 1.807) is 0 Å². The topological polar surface area (TPSA) is 28.7 Å². The van der Waals surface area contributed by atoms with Gasteiger partial charge in [0.2, 0.25) is 0 Å². The number of nitriles is 1. The van der Waals surface area contributed by atoms with E-state index in [1.807, 2.05) is 32.2 Å². The van der Waals surface area contributed by atoms with Gasteiger partial charge in [0.05, 0.1) is 5.56 Å². The largest absolute Gasteiger partial charge is 0.347 e. The zero-order chi connectivity index (χ0) is 13.4. The van der Waals surface area contributed by atoms with Crippen LogP contribution in [-0.2, 0) is 7.05 Å². The van der Waals surface area contributed by atoms with Crippen LogP contribution in [0.5, 0.6) is 0 Å². The first kappa shape index (κ1) is 11.6. The lowest BCUT2D eigenvalue weighted by Gasteiger charge is -2.08. The van der Waals surface area contributed by atoms with Crippen LogP contribution in [0, 0.1) is 18.3 Å². The molecule has 2 heteroatoms. The maximum Gasteiger partial charge on any atom is 0.101 e. The number of nitrogens with zero attached hydrogens (tertiary/aromatic N) is 2. The Morgan fingerprint density at radius 2 is 1.79 bits per heavy atom. The molecule has 92 valence electrons. The zero-order valence-electron chi connectivity index (χ0n) is 11.0. The fourth-order valence-electron chi connectivity index (χ4n) is 2.52. The van der Waals surface area contributed by atoms with E-state index in [2.05, 4.69) is 41.0 Å². The molecule has 0 bridgehead atoms. The van der Waals surface area contributed by atoms with Gasteiger partial charge in [-0.15, -0.1) is 0 Å². The number of benzene rings is 2. The first-order valence-electron chi connectivity index (χ1n) is 6.27. The fraction of sp³-hybridized carbons (Fsp3) is 0.118. The Labute approximate surface area is 112 Å². The van der Waals surface area contributed by atoms with Gasteiger partial charge in [-0.05, 0) is 23.8 Å². The van der Waals surface area contributed by atoms with Crippen LogP contribution in [-0.4, -0.2) is 4.57 Å². The van der Waals surface area contributed by atoms with Gasteiger partial charge >= 0.3 is 0 Å². The maximum absolute atomic E-state index is 9.15. The van der Waals surface area contributed by atoms with E-state index < -0.39 is 0 Å². The predicted molar refractivity (Wildman–Crippen MR) is 77.8 cm³/mol. The number of aromatic nitrogens is 1. The minimum absolute atomic E-state index is 0.741. The summed E-state index contributed by atoms with van der Waals surface area (Å²) in [6.45, 7) is 1.98. The molecule has 2 nitrogen and oxygen atoms in total. The highest BCUT2D eigenvalue weighted by molar-refractivity contribution is 5.96. The van der Waals surface area contributed by atoms with Crippen LogP contribution in [0.2, 0.25) is 0 Å². The van der Waals surface area contributed by atoms with Crippen molar-refractivity contribution in [2.45, 2.75) is 6.92 Å². The van der Waals surface area contributed by atoms with Crippen LogP contribution < -0.4 is 0 Å². The molecule has 0 atom stereocenters. The molecule has 0 unspecified atom stereocenters. The van der Waals surface area contributed by atoms with Crippen LogP contribution in [0.4, 0.5) is 0 Å². The minimum Gasteiger partial charge on any atom is -0.347 e. The quantitative estimate of drug-likeness (QED) is 0.637. The SMILES string of the molecule is Cc1c(C#N)cc(-c2cccc3ccccc23)n1C. The molecule has 0 amide bonds. The van der Waals surface area contributed by atoms with E-state index in [0.29, 0.717) is 0 Å². The van der Waals surface area contributed by atoms with Crippen LogP contribution in [0.1, 0.15) is 11.3 Å². The summed E-state index contributed by atoms with van der Waals surface area (Å²) in [4.78, 5) is 0. The minimum atomic E-state index is 0.741. The molecular weight excluding hydrogens is 232 g/mol. The lowest BCUT2D eigenvalue weighted by atomic mass is 10.0. The van der Waals surface area contributed by atoms with E-state index in [4.69, 9.17) is 5.26 Å². The van der Waals surface area contributed by atoms with Gasteiger partial charge < -0.3 is 4.57 Å². The third kappa shape index (κ3) is 1.71. The molecule has 0 saturated heterocycles. The molecule has 0 aliphatic rings. The molecule has 3 aromatic rings. The highest BCUT2D eigenvalue weighted by Gasteiger charge is 2.12. The Bertz CT molecular complexity index is 798. The molecule has 0 spiro atoms. The van der Waals surface area contributed by atoms with Crippen molar-refractivity contribution >= 4 is 10.8 Å². The molecule has 1 heterocycles. The van der Waals surface area contributed by atoms with Crippen molar-refractivity contribution in [2.75, 3.05) is 0 Å². The average Bonchev–Trinajstić information content (AvgIpc) is 2.74. The Hall–Kier alpha value is -2.53. The molecule has 0 aliphatic carbocycles. The van der Waals surface area contributed by atoms with E-state index in [-0.39, 0.29) is 0 Å². The molecule has 0 fully saturated rings. The average molecular weight is 246 g/mol. The standard InChI is InChI=1S/C17H14N2/c1-12-14(11-18)10-17(19(12)2)16-9-5-7-13-6-3-4-8-15(13)16/h3-10H,1-2H3. The van der Waals surface area contributed by atoms with Crippen molar-refractivity contribution in [3.8, 4) is 17.3 Å². The molecule has 0 saturated carbocycles. The number of rotatable bonds is 1. The second-order valence-corrected chi connectivity index (χ2v) is 4.73. The van der Waals surface area contributed by atoms with Gasteiger partial charge in [-0.1, -0.05) is 42.5 Å². The van der Waals surface area contributed by atoms with Gasteiger partial charge in [-0.25, -0.2) is 0 Å². The van der Waals surface area contributed by atoms with Crippen LogP contribution >= 0.6 is 0 Å². The second kappa shape index (κ2) is 4.29. The van der Waals surface area contributed by atoms with Crippen LogP contribution in [0.15, 0.2) is 48.5 Å². The van der Waals surface area contributed by atoms with Gasteiger partial charge in [0.15, 0.2) is 0 Å². The van der Waals surface area contributed by atoms with Gasteiger partial charge in [0.1, 0.15) is 6.07 Å². The zero-order valence-corrected chi connectivity index (χ0v) is 11.0. The highest BCUT2D eigenvalue weighted by Crippen LogP contribution is 2.30. The molecule has 19 heavy (non-hydrogen) atoms. The van der Waals surface area contributed by atoms with Crippen molar-refractivity contribution in [3.63, 3.8) is 0 Å². The Balaban J connectivity index is 2.34. The number of hydrogen-bond donors (Lipinski definition) is 0. The molecule has 1 aromatic heterocycles. The molecule has 0 aliphatic heterocycles. The summed E-state index contributed by atoms with van der Waals surface area (Å²) in [5.41, 5.74) is 4.01. The molecule has 3 rings (SSSR count). The summed E-state index contributed by atoms with van der Waals surface area (Å²) in [6.07, 6.45) is 0. The summed E-state index contributed by atoms with van der Waals surface area (Å²) < 4.78 is 2.08. The number of hydrogen-bond acceptors (Lipinski definition) is 1. The van der Waals surface area contributed by atoms with E-state index in [0.717, 1.165) is 17.0 Å². The fourth-order valence-corrected chi connectivity index (χ4v) is 2.52. The van der Waals surface area contributed by atoms with Gasteiger partial charge in [-0.3, -0.25) is 0 Å². The normalized spacial score (nSPS) is 10.6. The van der Waals surface area contributed by atoms with E-state index in [9.17, 15) is 0 Å². The van der Waals surface area contributed by atoms with Crippen molar-refractivity contribution in [3.05, 3.63) is 59.8 Å². The van der Waals surface area contributed by atoms with E-state index in [1.165, 1.54) is 16.3 Å². The molecule has 2 aromatic carbocycles. The maximum atomic E-state index is 9.15. The van der Waals surface area contributed by atoms with Crippen molar-refractivity contribution in [1.29, 1.82) is 5.26 Å². The summed E-state index contributed by atoms with van der Waals surface area (Å²) in [7, 11) is 2.01. The molecule has 0 radical (unpaired) electrons. The third-order valence-corrected chi connectivity index (χ3v) is 3.72. The summed E-state index contributed by atoms with van der Waals surface area (Å²) in [5.74, 6) is 0. The Morgan fingerprint density at radius 1 is 1.05 bits per heavy atom. The van der Waals surface area contributed by atoms with Crippen molar-refractivity contribution in [2.24, 2.45) is 7.05 Å². The highest BCUT2D eigenvalue weighted by atomic mass is 15.0. The smallest absolute Gasteiger partial charge is 0.101 e. The monoisotopic (exact) mass is 246 g/mol. The number of fused-ring (bicyclic) bond motifs is 1. The lowest BCUT2D eigenvalue weighted by molar-refractivity contribution is 0.889. The first-order valence-corrected chi connectivity index (χ1v) is 6.27. The molecule has 0 N–H and O–H groups in total. The van der Waals surface area contributed by atoms with Gasteiger partial charge in [-0.2, -0.15) is 5.26 Å². The summed E-state index contributed by atoms with van der Waals surface area (Å²) >= 11 is 0. The van der Waals surface area contributed by atoms with E-state index >= 15 is 0 Å². The Kier molecular flexibility index (Phi) is 2.61. The Morgan fingerprint density at radius 3 is 2.53 bits per heavy atom. The summed E-state index contributed by atoms with van der Waals surface area (Å²) in [5, 5.41) is 11.6.